The lowest BCUT2D eigenvalue weighted by atomic mass is 9.93. The summed E-state index contributed by atoms with van der Waals surface area (Å²) in [6.07, 6.45) is 7.28. The molecule has 0 fully saturated rings. The van der Waals surface area contributed by atoms with Crippen molar-refractivity contribution in [1.29, 1.82) is 0 Å². The third kappa shape index (κ3) is 16.0. The van der Waals surface area contributed by atoms with Gasteiger partial charge in [-0.3, -0.25) is 9.00 Å². The highest BCUT2D eigenvalue weighted by Crippen LogP contribution is 2.23. The average molecular weight is 565 g/mol. The first kappa shape index (κ1) is 38.9. The van der Waals surface area contributed by atoms with Crippen LogP contribution in [0.2, 0.25) is 0 Å². The molecule has 1 atom stereocenters. The molecule has 1 N–H and O–H groups in total. The third-order valence-corrected chi connectivity index (χ3v) is 6.92. The van der Waals surface area contributed by atoms with Crippen LogP contribution in [0.4, 0.5) is 0 Å². The molecule has 0 amide bonds. The topological polar surface area (TPSA) is 54.4 Å². The van der Waals surface area contributed by atoms with Gasteiger partial charge in [0.05, 0.1) is 15.7 Å². The molecule has 0 heterocycles. The molecular formula is C36H52O3S. The molecule has 0 aliphatic heterocycles. The molecule has 0 aliphatic carbocycles. The standard InChI is InChI=1S/C14H14.C9H16O.C8H10O2S.C3H6.C2H6/c1-12(13-8-4-2-5-9-13)14-10-6-3-7-11-14;1-4-6-9(7-10)8(3)5-2;1-6-4-3-5-7(9)8(6)11(2)10;1-3-2;1-2/h2-12H,1H3;7H,4-6H2,1-3H3;3-5,9H,1-2H3;3H,1H2,2H3;1-2H3/b;9-8+;;;. The van der Waals surface area contributed by atoms with E-state index in [1.165, 1.54) is 16.7 Å². The van der Waals surface area contributed by atoms with Crippen LogP contribution in [0, 0.1) is 6.92 Å². The molecule has 40 heavy (non-hydrogen) atoms. The lowest BCUT2D eigenvalue weighted by Gasteiger charge is -2.11. The number of hydrogen-bond donors (Lipinski definition) is 1. The molecule has 0 radical (unpaired) electrons. The van der Waals surface area contributed by atoms with Crippen LogP contribution in [-0.2, 0) is 15.6 Å². The molecular weight excluding hydrogens is 512 g/mol. The number of rotatable bonds is 7. The van der Waals surface area contributed by atoms with E-state index < -0.39 is 10.8 Å². The molecule has 220 valence electrons. The van der Waals surface area contributed by atoms with E-state index >= 15 is 0 Å². The highest BCUT2D eigenvalue weighted by Gasteiger charge is 2.07. The van der Waals surface area contributed by atoms with Crippen molar-refractivity contribution in [2.45, 2.75) is 85.5 Å². The van der Waals surface area contributed by atoms with Crippen molar-refractivity contribution in [3.05, 3.63) is 119 Å². The van der Waals surface area contributed by atoms with E-state index in [0.717, 1.165) is 36.7 Å². The minimum Gasteiger partial charge on any atom is -0.507 e. The number of allylic oxidation sites excluding steroid dienone is 3. The van der Waals surface area contributed by atoms with Crippen LogP contribution in [0.5, 0.6) is 5.75 Å². The molecule has 0 saturated heterocycles. The molecule has 0 aliphatic rings. The fraction of sp³-hybridized carbons (Fsp3) is 0.361. The first-order valence-corrected chi connectivity index (χ1v) is 15.7. The van der Waals surface area contributed by atoms with Crippen LogP contribution in [-0.4, -0.2) is 21.9 Å². The van der Waals surface area contributed by atoms with Gasteiger partial charge in [-0.1, -0.05) is 125 Å². The lowest BCUT2D eigenvalue weighted by Crippen LogP contribution is -1.94. The van der Waals surface area contributed by atoms with Crippen molar-refractivity contribution < 1.29 is 14.1 Å². The molecule has 1 unspecified atom stereocenters. The van der Waals surface area contributed by atoms with E-state index in [2.05, 4.69) is 88.0 Å². The number of aryl methyl sites for hydroxylation is 1. The van der Waals surface area contributed by atoms with Gasteiger partial charge < -0.3 is 5.11 Å². The summed E-state index contributed by atoms with van der Waals surface area (Å²) in [7, 11) is -1.10. The van der Waals surface area contributed by atoms with Gasteiger partial charge in [-0.15, -0.1) is 6.58 Å². The molecule has 3 rings (SSSR count). The van der Waals surface area contributed by atoms with Crippen molar-refractivity contribution in [2.75, 3.05) is 6.26 Å². The predicted octanol–water partition coefficient (Wildman–Crippen LogP) is 10.2. The fourth-order valence-electron chi connectivity index (χ4n) is 3.56. The molecule has 3 nitrogen and oxygen atoms in total. The minimum atomic E-state index is -1.10. The quantitative estimate of drug-likeness (QED) is 0.176. The molecule has 0 bridgehead atoms. The Morgan fingerprint density at radius 2 is 1.38 bits per heavy atom. The van der Waals surface area contributed by atoms with Gasteiger partial charge in [0.15, 0.2) is 0 Å². The summed E-state index contributed by atoms with van der Waals surface area (Å²) in [5.41, 5.74) is 5.84. The number of phenols is 1. The Kier molecular flexibility index (Phi) is 24.1. The first-order chi connectivity index (χ1) is 19.2. The zero-order valence-corrected chi connectivity index (χ0v) is 27.1. The number of benzene rings is 3. The van der Waals surface area contributed by atoms with Gasteiger partial charge in [-0.05, 0) is 61.9 Å². The van der Waals surface area contributed by atoms with Crippen LogP contribution in [0.15, 0.2) is 108 Å². The molecule has 3 aromatic carbocycles. The predicted molar refractivity (Wildman–Crippen MR) is 177 cm³/mol. The van der Waals surface area contributed by atoms with E-state index in [0.29, 0.717) is 10.8 Å². The van der Waals surface area contributed by atoms with Gasteiger partial charge in [0.1, 0.15) is 12.0 Å². The summed E-state index contributed by atoms with van der Waals surface area (Å²) < 4.78 is 11.0. The molecule has 3 aromatic rings. The summed E-state index contributed by atoms with van der Waals surface area (Å²) >= 11 is 0. The second-order valence-electron chi connectivity index (χ2n) is 8.86. The largest absolute Gasteiger partial charge is 0.507 e. The Hall–Kier alpha value is -3.24. The van der Waals surface area contributed by atoms with Crippen molar-refractivity contribution >= 4 is 17.1 Å². The summed E-state index contributed by atoms with van der Waals surface area (Å²) in [6, 6.07) is 26.3. The molecule has 0 saturated carbocycles. The van der Waals surface area contributed by atoms with Crippen LogP contribution >= 0.6 is 0 Å². The summed E-state index contributed by atoms with van der Waals surface area (Å²) in [6.45, 7) is 19.5. The van der Waals surface area contributed by atoms with E-state index in [-0.39, 0.29) is 5.75 Å². The van der Waals surface area contributed by atoms with Crippen LogP contribution in [0.3, 0.4) is 0 Å². The zero-order valence-electron chi connectivity index (χ0n) is 26.2. The number of phenolic OH excluding ortho intramolecular Hbond substituents is 1. The maximum Gasteiger partial charge on any atom is 0.145 e. The van der Waals surface area contributed by atoms with Gasteiger partial charge in [-0.2, -0.15) is 0 Å². The smallest absolute Gasteiger partial charge is 0.145 e. The second-order valence-corrected chi connectivity index (χ2v) is 10.2. The molecule has 0 spiro atoms. The number of carbonyl (C=O) groups excluding carboxylic acids is 1. The fourth-order valence-corrected chi connectivity index (χ4v) is 4.44. The Morgan fingerprint density at radius 3 is 1.68 bits per heavy atom. The normalized spacial score (nSPS) is 10.8. The van der Waals surface area contributed by atoms with Crippen molar-refractivity contribution in [1.82, 2.24) is 0 Å². The maximum absolute atomic E-state index is 11.0. The third-order valence-electron chi connectivity index (χ3n) is 5.82. The van der Waals surface area contributed by atoms with Gasteiger partial charge in [0.2, 0.25) is 0 Å². The summed E-state index contributed by atoms with van der Waals surface area (Å²) in [5, 5.41) is 9.27. The van der Waals surface area contributed by atoms with E-state index in [1.807, 2.05) is 40.7 Å². The van der Waals surface area contributed by atoms with E-state index in [4.69, 9.17) is 0 Å². The van der Waals surface area contributed by atoms with Gasteiger partial charge in [-0.25, -0.2) is 0 Å². The summed E-state index contributed by atoms with van der Waals surface area (Å²) in [4.78, 5) is 11.0. The molecule has 4 heteroatoms. The number of carbonyl (C=O) groups is 1. The Morgan fingerprint density at radius 1 is 0.925 bits per heavy atom. The SMILES string of the molecule is C=CC.CC.CC(c1ccccc1)c1ccccc1.CCC/C(C=O)=C(/C)CC.Cc1cccc(O)c1S(C)=O. The second kappa shape index (κ2) is 24.8. The first-order valence-electron chi connectivity index (χ1n) is 14.1. The Labute approximate surface area is 247 Å². The van der Waals surface area contributed by atoms with Crippen LogP contribution < -0.4 is 0 Å². The summed E-state index contributed by atoms with van der Waals surface area (Å²) in [5.74, 6) is 0.600. The van der Waals surface area contributed by atoms with Gasteiger partial charge in [0.25, 0.3) is 0 Å². The number of aromatic hydroxyl groups is 1. The Bertz CT molecular complexity index is 1060. The van der Waals surface area contributed by atoms with Gasteiger partial charge in [0, 0.05) is 12.2 Å². The highest BCUT2D eigenvalue weighted by molar-refractivity contribution is 7.84. The van der Waals surface area contributed by atoms with Crippen molar-refractivity contribution in [2.24, 2.45) is 0 Å². The minimum absolute atomic E-state index is 0.117. The number of hydrogen-bond acceptors (Lipinski definition) is 3. The zero-order chi connectivity index (χ0) is 30.9. The average Bonchev–Trinajstić information content (AvgIpc) is 2.98. The van der Waals surface area contributed by atoms with Crippen LogP contribution in [0.25, 0.3) is 0 Å². The monoisotopic (exact) mass is 564 g/mol. The van der Waals surface area contributed by atoms with E-state index in [1.54, 1.807) is 24.5 Å². The van der Waals surface area contributed by atoms with Crippen molar-refractivity contribution in [3.8, 4) is 5.75 Å². The number of aldehydes is 1. The van der Waals surface area contributed by atoms with Crippen molar-refractivity contribution in [3.63, 3.8) is 0 Å². The maximum atomic E-state index is 11.0. The highest BCUT2D eigenvalue weighted by atomic mass is 32.2. The Balaban J connectivity index is 0. The van der Waals surface area contributed by atoms with Gasteiger partial charge >= 0.3 is 0 Å². The lowest BCUT2D eigenvalue weighted by molar-refractivity contribution is -0.105. The molecule has 0 aromatic heterocycles. The van der Waals surface area contributed by atoms with Crippen LogP contribution in [0.1, 0.15) is 90.3 Å². The van der Waals surface area contributed by atoms with E-state index in [9.17, 15) is 14.1 Å².